The molecule has 23 heavy (non-hydrogen) atoms. The molecule has 1 saturated heterocycles. The van der Waals surface area contributed by atoms with Gasteiger partial charge in [-0.2, -0.15) is 0 Å². The molecule has 0 radical (unpaired) electrons. The van der Waals surface area contributed by atoms with Gasteiger partial charge in [0.1, 0.15) is 5.75 Å². The maximum atomic E-state index is 9.81. The summed E-state index contributed by atoms with van der Waals surface area (Å²) in [6.07, 6.45) is 0. The Kier molecular flexibility index (Phi) is 5.21. The normalized spacial score (nSPS) is 21.5. The fraction of sp³-hybridized carbons (Fsp3) is 0.368. The van der Waals surface area contributed by atoms with Gasteiger partial charge in [0, 0.05) is 43.1 Å². The summed E-state index contributed by atoms with van der Waals surface area (Å²) in [5, 5.41) is 10.5. The summed E-state index contributed by atoms with van der Waals surface area (Å²) >= 11 is 6.07. The number of methoxy groups -OCH3 is 1. The van der Waals surface area contributed by atoms with E-state index in [9.17, 15) is 5.11 Å². The predicted octanol–water partition coefficient (Wildman–Crippen LogP) is 3.56. The standard InChI is InChI=1S/C19H22ClNO2/c1-23-19-9-16(20)7-8-17(19)18-12-21(11-15(18)13-22)10-14-5-3-2-4-6-14/h2-9,15,18,22H,10-13H2,1H3/t15-,18+/m1/s1. The summed E-state index contributed by atoms with van der Waals surface area (Å²) < 4.78 is 5.50. The third-order valence-corrected chi connectivity index (χ3v) is 4.83. The zero-order valence-electron chi connectivity index (χ0n) is 13.3. The summed E-state index contributed by atoms with van der Waals surface area (Å²) in [4.78, 5) is 2.40. The zero-order chi connectivity index (χ0) is 16.2. The molecule has 3 rings (SSSR count). The van der Waals surface area contributed by atoms with E-state index in [4.69, 9.17) is 16.3 Å². The molecular formula is C19H22ClNO2. The van der Waals surface area contributed by atoms with Crippen LogP contribution in [-0.2, 0) is 6.54 Å². The topological polar surface area (TPSA) is 32.7 Å². The molecule has 2 atom stereocenters. The quantitative estimate of drug-likeness (QED) is 0.909. The van der Waals surface area contributed by atoms with E-state index in [1.807, 2.05) is 24.3 Å². The van der Waals surface area contributed by atoms with Crippen molar-refractivity contribution >= 4 is 11.6 Å². The number of likely N-dealkylation sites (tertiary alicyclic amines) is 1. The van der Waals surface area contributed by atoms with Crippen molar-refractivity contribution in [2.75, 3.05) is 26.8 Å². The van der Waals surface area contributed by atoms with Gasteiger partial charge in [-0.3, -0.25) is 4.90 Å². The highest BCUT2D eigenvalue weighted by Crippen LogP contribution is 2.38. The Morgan fingerprint density at radius 2 is 1.96 bits per heavy atom. The van der Waals surface area contributed by atoms with Gasteiger partial charge in [0.25, 0.3) is 0 Å². The van der Waals surface area contributed by atoms with Crippen LogP contribution in [0.2, 0.25) is 5.02 Å². The van der Waals surface area contributed by atoms with Crippen molar-refractivity contribution < 1.29 is 9.84 Å². The second-order valence-corrected chi connectivity index (χ2v) is 6.55. The lowest BCUT2D eigenvalue weighted by Gasteiger charge is -2.19. The van der Waals surface area contributed by atoms with Crippen molar-refractivity contribution in [2.24, 2.45) is 5.92 Å². The molecule has 1 fully saturated rings. The second-order valence-electron chi connectivity index (χ2n) is 6.12. The first kappa shape index (κ1) is 16.3. The van der Waals surface area contributed by atoms with Crippen molar-refractivity contribution in [1.29, 1.82) is 0 Å². The smallest absolute Gasteiger partial charge is 0.123 e. The molecule has 0 amide bonds. The maximum Gasteiger partial charge on any atom is 0.123 e. The van der Waals surface area contributed by atoms with Crippen LogP contribution in [0.1, 0.15) is 17.0 Å². The van der Waals surface area contributed by atoms with Gasteiger partial charge in [0.2, 0.25) is 0 Å². The average Bonchev–Trinajstić information content (AvgIpc) is 2.98. The fourth-order valence-electron chi connectivity index (χ4n) is 3.46. The number of rotatable bonds is 5. The molecule has 4 heteroatoms. The molecule has 2 aromatic carbocycles. The Labute approximate surface area is 142 Å². The van der Waals surface area contributed by atoms with Crippen molar-refractivity contribution in [3.05, 3.63) is 64.7 Å². The molecule has 0 aromatic heterocycles. The van der Waals surface area contributed by atoms with Crippen LogP contribution in [0.25, 0.3) is 0 Å². The van der Waals surface area contributed by atoms with E-state index in [0.717, 1.165) is 30.9 Å². The Morgan fingerprint density at radius 1 is 1.17 bits per heavy atom. The Morgan fingerprint density at radius 3 is 2.65 bits per heavy atom. The first-order valence-electron chi connectivity index (χ1n) is 7.92. The van der Waals surface area contributed by atoms with Gasteiger partial charge in [0.15, 0.2) is 0 Å². The summed E-state index contributed by atoms with van der Waals surface area (Å²) in [5.41, 5.74) is 2.43. The Hall–Kier alpha value is -1.55. The minimum Gasteiger partial charge on any atom is -0.496 e. The predicted molar refractivity (Wildman–Crippen MR) is 93.0 cm³/mol. The number of hydrogen-bond donors (Lipinski definition) is 1. The Balaban J connectivity index is 1.80. The fourth-order valence-corrected chi connectivity index (χ4v) is 3.62. The first-order chi connectivity index (χ1) is 11.2. The largest absolute Gasteiger partial charge is 0.496 e. The van der Waals surface area contributed by atoms with Crippen LogP contribution < -0.4 is 4.74 Å². The van der Waals surface area contributed by atoms with E-state index in [0.29, 0.717) is 5.02 Å². The van der Waals surface area contributed by atoms with Crippen LogP contribution in [-0.4, -0.2) is 36.8 Å². The molecule has 2 aromatic rings. The second kappa shape index (κ2) is 7.35. The van der Waals surface area contributed by atoms with Crippen LogP contribution in [0.5, 0.6) is 5.75 Å². The van der Waals surface area contributed by atoms with Gasteiger partial charge in [-0.1, -0.05) is 48.0 Å². The SMILES string of the molecule is COc1cc(Cl)ccc1[C@H]1CN(Cc2ccccc2)C[C@@H]1CO. The number of nitrogens with zero attached hydrogens (tertiary/aromatic N) is 1. The van der Waals surface area contributed by atoms with Crippen molar-refractivity contribution in [2.45, 2.75) is 12.5 Å². The van der Waals surface area contributed by atoms with Crippen LogP contribution in [0.3, 0.4) is 0 Å². The number of aliphatic hydroxyl groups is 1. The molecule has 0 saturated carbocycles. The molecule has 0 spiro atoms. The third-order valence-electron chi connectivity index (χ3n) is 4.60. The van der Waals surface area contributed by atoms with Crippen molar-refractivity contribution in [1.82, 2.24) is 4.90 Å². The van der Waals surface area contributed by atoms with E-state index in [1.165, 1.54) is 5.56 Å². The minimum atomic E-state index is 0.182. The van der Waals surface area contributed by atoms with Gasteiger partial charge < -0.3 is 9.84 Å². The molecule has 122 valence electrons. The van der Waals surface area contributed by atoms with E-state index in [-0.39, 0.29) is 18.4 Å². The average molecular weight is 332 g/mol. The van der Waals surface area contributed by atoms with Gasteiger partial charge in [-0.25, -0.2) is 0 Å². The maximum absolute atomic E-state index is 9.81. The van der Waals surface area contributed by atoms with Crippen LogP contribution in [0.15, 0.2) is 48.5 Å². The molecule has 1 aliphatic rings. The van der Waals surface area contributed by atoms with Crippen LogP contribution >= 0.6 is 11.6 Å². The van der Waals surface area contributed by atoms with E-state index >= 15 is 0 Å². The van der Waals surface area contributed by atoms with Gasteiger partial charge >= 0.3 is 0 Å². The molecule has 0 aliphatic carbocycles. The molecule has 1 heterocycles. The highest BCUT2D eigenvalue weighted by molar-refractivity contribution is 6.30. The summed E-state index contributed by atoms with van der Waals surface area (Å²) in [6, 6.07) is 16.2. The van der Waals surface area contributed by atoms with Gasteiger partial charge in [-0.05, 0) is 23.3 Å². The molecule has 3 nitrogen and oxygen atoms in total. The molecular weight excluding hydrogens is 310 g/mol. The summed E-state index contributed by atoms with van der Waals surface area (Å²) in [7, 11) is 1.67. The third kappa shape index (κ3) is 3.69. The minimum absolute atomic E-state index is 0.182. The highest BCUT2D eigenvalue weighted by Gasteiger charge is 2.34. The van der Waals surface area contributed by atoms with E-state index in [1.54, 1.807) is 7.11 Å². The monoisotopic (exact) mass is 331 g/mol. The molecule has 1 N–H and O–H groups in total. The number of aliphatic hydroxyl groups excluding tert-OH is 1. The molecule has 0 unspecified atom stereocenters. The lowest BCUT2D eigenvalue weighted by molar-refractivity contribution is 0.213. The number of hydrogen-bond acceptors (Lipinski definition) is 3. The zero-order valence-corrected chi connectivity index (χ0v) is 14.0. The summed E-state index contributed by atoms with van der Waals surface area (Å²) in [5.74, 6) is 1.28. The van der Waals surface area contributed by atoms with E-state index in [2.05, 4.69) is 29.2 Å². The van der Waals surface area contributed by atoms with Crippen molar-refractivity contribution in [3.8, 4) is 5.75 Å². The highest BCUT2D eigenvalue weighted by atomic mass is 35.5. The Bertz CT molecular complexity index is 647. The lowest BCUT2D eigenvalue weighted by Crippen LogP contribution is -2.20. The van der Waals surface area contributed by atoms with Crippen LogP contribution in [0.4, 0.5) is 0 Å². The number of halogens is 1. The van der Waals surface area contributed by atoms with E-state index < -0.39 is 0 Å². The van der Waals surface area contributed by atoms with Gasteiger partial charge in [-0.15, -0.1) is 0 Å². The van der Waals surface area contributed by atoms with Crippen molar-refractivity contribution in [3.63, 3.8) is 0 Å². The van der Waals surface area contributed by atoms with Crippen LogP contribution in [0, 0.1) is 5.92 Å². The number of ether oxygens (including phenoxy) is 1. The van der Waals surface area contributed by atoms with Gasteiger partial charge in [0.05, 0.1) is 7.11 Å². The first-order valence-corrected chi connectivity index (χ1v) is 8.29. The number of benzene rings is 2. The summed E-state index contributed by atoms with van der Waals surface area (Å²) in [6.45, 7) is 2.89. The molecule has 1 aliphatic heterocycles. The lowest BCUT2D eigenvalue weighted by atomic mass is 9.89. The molecule has 0 bridgehead atoms.